The van der Waals surface area contributed by atoms with Crippen LogP contribution < -0.4 is 0 Å². The SMILES string of the molecule is CN(CCc1cccnc1)S(=O)(=O)N1CC1. The van der Waals surface area contributed by atoms with Crippen LogP contribution in [-0.4, -0.2) is 48.7 Å². The molecule has 1 saturated heterocycles. The number of nitrogens with zero attached hydrogens (tertiary/aromatic N) is 3. The molecule has 1 aliphatic rings. The number of pyridine rings is 1. The zero-order valence-electron chi connectivity index (χ0n) is 9.20. The van der Waals surface area contributed by atoms with Gasteiger partial charge in [0.2, 0.25) is 0 Å². The lowest BCUT2D eigenvalue weighted by molar-refractivity contribution is 0.445. The highest BCUT2D eigenvalue weighted by Gasteiger charge is 2.34. The van der Waals surface area contributed by atoms with Crippen LogP contribution in [0.5, 0.6) is 0 Å². The minimum absolute atomic E-state index is 0.491. The molecule has 0 bridgehead atoms. The topological polar surface area (TPSA) is 53.3 Å². The van der Waals surface area contributed by atoms with E-state index >= 15 is 0 Å². The van der Waals surface area contributed by atoms with Crippen molar-refractivity contribution < 1.29 is 8.42 Å². The molecule has 0 aromatic carbocycles. The Kier molecular flexibility index (Phi) is 3.22. The Morgan fingerprint density at radius 2 is 2.25 bits per heavy atom. The summed E-state index contributed by atoms with van der Waals surface area (Å²) in [5.41, 5.74) is 1.05. The minimum atomic E-state index is -3.19. The molecule has 0 saturated carbocycles. The van der Waals surface area contributed by atoms with Crippen LogP contribution in [0.2, 0.25) is 0 Å². The summed E-state index contributed by atoms with van der Waals surface area (Å²) in [5.74, 6) is 0. The lowest BCUT2D eigenvalue weighted by atomic mass is 10.2. The van der Waals surface area contributed by atoms with Gasteiger partial charge in [0.1, 0.15) is 0 Å². The molecule has 0 amide bonds. The largest absolute Gasteiger partial charge is 0.281 e. The molecule has 1 fully saturated rings. The molecule has 16 heavy (non-hydrogen) atoms. The monoisotopic (exact) mass is 241 g/mol. The first-order chi connectivity index (χ1) is 7.60. The summed E-state index contributed by atoms with van der Waals surface area (Å²) < 4.78 is 26.4. The van der Waals surface area contributed by atoms with Gasteiger partial charge < -0.3 is 0 Å². The highest BCUT2D eigenvalue weighted by Crippen LogP contribution is 2.15. The van der Waals surface area contributed by atoms with Gasteiger partial charge in [-0.3, -0.25) is 4.98 Å². The molecule has 0 spiro atoms. The molecule has 2 heterocycles. The Morgan fingerprint density at radius 1 is 1.50 bits per heavy atom. The second-order valence-corrected chi connectivity index (χ2v) is 5.88. The molecule has 2 rings (SSSR count). The molecule has 1 aliphatic heterocycles. The number of rotatable bonds is 5. The van der Waals surface area contributed by atoms with Crippen molar-refractivity contribution in [1.82, 2.24) is 13.6 Å². The molecule has 0 radical (unpaired) electrons. The highest BCUT2D eigenvalue weighted by atomic mass is 32.2. The average Bonchev–Trinajstić information content (AvgIpc) is 3.11. The maximum absolute atomic E-state index is 11.8. The Balaban J connectivity index is 1.91. The first-order valence-corrected chi connectivity index (χ1v) is 6.61. The number of hydrogen-bond acceptors (Lipinski definition) is 3. The summed E-state index contributed by atoms with van der Waals surface area (Å²) >= 11 is 0. The van der Waals surface area contributed by atoms with Gasteiger partial charge in [0, 0.05) is 39.1 Å². The van der Waals surface area contributed by atoms with Crippen LogP contribution >= 0.6 is 0 Å². The van der Waals surface area contributed by atoms with Gasteiger partial charge in [-0.1, -0.05) is 6.07 Å². The molecule has 88 valence electrons. The molecule has 0 N–H and O–H groups in total. The van der Waals surface area contributed by atoms with Crippen molar-refractivity contribution in [3.05, 3.63) is 30.1 Å². The van der Waals surface area contributed by atoms with Crippen molar-refractivity contribution in [1.29, 1.82) is 0 Å². The van der Waals surface area contributed by atoms with Crippen molar-refractivity contribution >= 4 is 10.2 Å². The summed E-state index contributed by atoms with van der Waals surface area (Å²) in [4.78, 5) is 3.99. The Labute approximate surface area is 95.9 Å². The van der Waals surface area contributed by atoms with E-state index in [-0.39, 0.29) is 0 Å². The lowest BCUT2D eigenvalue weighted by Crippen LogP contribution is -2.33. The minimum Gasteiger partial charge on any atom is -0.264 e. The van der Waals surface area contributed by atoms with Crippen LogP contribution in [0.4, 0.5) is 0 Å². The van der Waals surface area contributed by atoms with E-state index in [4.69, 9.17) is 0 Å². The van der Waals surface area contributed by atoms with Crippen LogP contribution in [0.25, 0.3) is 0 Å². The summed E-state index contributed by atoms with van der Waals surface area (Å²) in [5, 5.41) is 0. The van der Waals surface area contributed by atoms with Crippen molar-refractivity contribution in [2.75, 3.05) is 26.7 Å². The van der Waals surface area contributed by atoms with E-state index in [0.717, 1.165) is 5.56 Å². The molecule has 0 atom stereocenters. The van der Waals surface area contributed by atoms with E-state index in [1.165, 1.54) is 8.61 Å². The van der Waals surface area contributed by atoms with E-state index in [1.807, 2.05) is 12.1 Å². The van der Waals surface area contributed by atoms with Gasteiger partial charge in [-0.25, -0.2) is 0 Å². The Bertz CT molecular complexity index is 442. The normalized spacial score (nSPS) is 16.6. The Morgan fingerprint density at radius 3 is 2.81 bits per heavy atom. The van der Waals surface area contributed by atoms with E-state index in [9.17, 15) is 8.42 Å². The van der Waals surface area contributed by atoms with Gasteiger partial charge in [0.15, 0.2) is 0 Å². The predicted octanol–water partition coefficient (Wildman–Crippen LogP) is 0.116. The highest BCUT2D eigenvalue weighted by molar-refractivity contribution is 7.87. The van der Waals surface area contributed by atoms with Gasteiger partial charge in [-0.15, -0.1) is 0 Å². The lowest BCUT2D eigenvalue weighted by Gasteiger charge is -2.16. The summed E-state index contributed by atoms with van der Waals surface area (Å²) in [7, 11) is -1.57. The quantitative estimate of drug-likeness (QED) is 0.688. The summed E-state index contributed by atoms with van der Waals surface area (Å²) in [6.45, 7) is 1.80. The maximum Gasteiger partial charge on any atom is 0.281 e. The standard InChI is InChI=1S/C10H15N3O2S/c1-12(16(14,15)13-7-8-13)6-4-10-3-2-5-11-9-10/h2-3,5,9H,4,6-8H2,1H3. The van der Waals surface area contributed by atoms with Crippen LogP contribution in [-0.2, 0) is 16.6 Å². The molecule has 0 aliphatic carbocycles. The first-order valence-electron chi connectivity index (χ1n) is 5.21. The zero-order valence-corrected chi connectivity index (χ0v) is 10.0. The fourth-order valence-corrected chi connectivity index (χ4v) is 2.68. The van der Waals surface area contributed by atoms with Gasteiger partial charge in [-0.05, 0) is 18.1 Å². The van der Waals surface area contributed by atoms with Gasteiger partial charge >= 0.3 is 0 Å². The van der Waals surface area contributed by atoms with Gasteiger partial charge in [0.05, 0.1) is 0 Å². The third kappa shape index (κ3) is 2.58. The maximum atomic E-state index is 11.8. The van der Waals surface area contributed by atoms with Crippen molar-refractivity contribution in [2.24, 2.45) is 0 Å². The van der Waals surface area contributed by atoms with Gasteiger partial charge in [0.25, 0.3) is 10.2 Å². The Hall–Kier alpha value is -0.980. The third-order valence-corrected chi connectivity index (χ3v) is 4.55. The predicted molar refractivity (Wildman–Crippen MR) is 61.1 cm³/mol. The number of aromatic nitrogens is 1. The van der Waals surface area contributed by atoms with Crippen LogP contribution in [0.1, 0.15) is 5.56 Å². The molecule has 1 aromatic rings. The summed E-state index contributed by atoms with van der Waals surface area (Å²) in [6, 6.07) is 3.80. The number of likely N-dealkylation sites (N-methyl/N-ethyl adjacent to an activating group) is 1. The van der Waals surface area contributed by atoms with E-state index < -0.39 is 10.2 Å². The third-order valence-electron chi connectivity index (χ3n) is 2.56. The first kappa shape index (κ1) is 11.5. The van der Waals surface area contributed by atoms with Crippen molar-refractivity contribution in [3.63, 3.8) is 0 Å². The fraction of sp³-hybridized carbons (Fsp3) is 0.500. The molecule has 6 heteroatoms. The number of hydrogen-bond donors (Lipinski definition) is 0. The van der Waals surface area contributed by atoms with Crippen LogP contribution in [0.3, 0.4) is 0 Å². The smallest absolute Gasteiger partial charge is 0.264 e. The fourth-order valence-electron chi connectivity index (χ4n) is 1.42. The van der Waals surface area contributed by atoms with Gasteiger partial charge in [-0.2, -0.15) is 17.0 Å². The van der Waals surface area contributed by atoms with E-state index in [2.05, 4.69) is 4.98 Å². The van der Waals surface area contributed by atoms with Crippen LogP contribution in [0, 0.1) is 0 Å². The van der Waals surface area contributed by atoms with Crippen molar-refractivity contribution in [2.45, 2.75) is 6.42 Å². The summed E-state index contributed by atoms with van der Waals surface area (Å²) in [6.07, 6.45) is 4.16. The molecular weight excluding hydrogens is 226 g/mol. The van der Waals surface area contributed by atoms with Crippen molar-refractivity contribution in [3.8, 4) is 0 Å². The molecular formula is C10H15N3O2S. The molecule has 0 unspecified atom stereocenters. The zero-order chi connectivity index (χ0) is 11.6. The van der Waals surface area contributed by atoms with E-state index in [1.54, 1.807) is 19.4 Å². The van der Waals surface area contributed by atoms with Crippen LogP contribution in [0.15, 0.2) is 24.5 Å². The molecule has 1 aromatic heterocycles. The average molecular weight is 241 g/mol. The second kappa shape index (κ2) is 4.48. The van der Waals surface area contributed by atoms with E-state index in [0.29, 0.717) is 26.1 Å². The molecule has 5 nitrogen and oxygen atoms in total. The second-order valence-electron chi connectivity index (χ2n) is 3.84.